The number of halogens is 1. The fraction of sp³-hybridized carbons (Fsp3) is 0.294. The van der Waals surface area contributed by atoms with Crippen molar-refractivity contribution >= 4 is 15.9 Å². The van der Waals surface area contributed by atoms with Crippen molar-refractivity contribution in [2.45, 2.75) is 6.54 Å². The third kappa shape index (κ3) is 5.87. The molecule has 0 aromatic heterocycles. The fourth-order valence-electron chi connectivity index (χ4n) is 2.12. The Morgan fingerprint density at radius 1 is 0.952 bits per heavy atom. The van der Waals surface area contributed by atoms with Crippen LogP contribution in [0.4, 0.5) is 0 Å². The van der Waals surface area contributed by atoms with Gasteiger partial charge in [-0.05, 0) is 29.8 Å². The largest absolute Gasteiger partial charge is 0.492 e. The van der Waals surface area contributed by atoms with Crippen LogP contribution in [0.2, 0.25) is 0 Å². The second kappa shape index (κ2) is 8.82. The first-order valence-electron chi connectivity index (χ1n) is 7.12. The van der Waals surface area contributed by atoms with Crippen molar-refractivity contribution in [3.05, 3.63) is 64.6 Å². The molecule has 0 heterocycles. The highest BCUT2D eigenvalue weighted by Crippen LogP contribution is 2.16. The highest BCUT2D eigenvalue weighted by atomic mass is 79.9. The third-order valence-electron chi connectivity index (χ3n) is 3.18. The first-order chi connectivity index (χ1) is 10.3. The van der Waals surface area contributed by atoms with Crippen molar-refractivity contribution in [2.75, 3.05) is 26.2 Å². The zero-order chi connectivity index (χ0) is 14.9. The van der Waals surface area contributed by atoms with Crippen molar-refractivity contribution in [2.24, 2.45) is 5.73 Å². The number of nitrogens with zero attached hydrogens (tertiary/aromatic N) is 1. The maximum atomic E-state index is 5.77. The summed E-state index contributed by atoms with van der Waals surface area (Å²) in [7, 11) is 0. The number of ether oxygens (including phenoxy) is 1. The Bertz CT molecular complexity index is 516. The Kier molecular flexibility index (Phi) is 6.73. The van der Waals surface area contributed by atoms with E-state index < -0.39 is 0 Å². The second-order valence-electron chi connectivity index (χ2n) is 4.85. The Balaban J connectivity index is 1.81. The van der Waals surface area contributed by atoms with Gasteiger partial charge in [-0.2, -0.15) is 0 Å². The number of nitrogens with two attached hydrogens (primary N) is 1. The topological polar surface area (TPSA) is 38.5 Å². The molecule has 4 heteroatoms. The molecule has 3 nitrogen and oxygen atoms in total. The highest BCUT2D eigenvalue weighted by molar-refractivity contribution is 9.10. The Morgan fingerprint density at radius 2 is 1.67 bits per heavy atom. The van der Waals surface area contributed by atoms with E-state index in [9.17, 15) is 0 Å². The first kappa shape index (κ1) is 16.0. The molecule has 0 atom stereocenters. The van der Waals surface area contributed by atoms with Crippen molar-refractivity contribution in [3.8, 4) is 5.75 Å². The molecule has 0 amide bonds. The van der Waals surface area contributed by atoms with E-state index in [0.29, 0.717) is 13.2 Å². The Hall–Kier alpha value is -1.36. The summed E-state index contributed by atoms with van der Waals surface area (Å²) in [5, 5.41) is 0. The molecule has 0 saturated heterocycles. The minimum atomic E-state index is 0.658. The summed E-state index contributed by atoms with van der Waals surface area (Å²) >= 11 is 3.42. The molecule has 21 heavy (non-hydrogen) atoms. The Morgan fingerprint density at radius 3 is 2.33 bits per heavy atom. The van der Waals surface area contributed by atoms with Gasteiger partial charge in [0, 0.05) is 30.7 Å². The van der Waals surface area contributed by atoms with Gasteiger partial charge in [0.25, 0.3) is 0 Å². The van der Waals surface area contributed by atoms with Gasteiger partial charge < -0.3 is 10.5 Å². The monoisotopic (exact) mass is 348 g/mol. The van der Waals surface area contributed by atoms with Crippen LogP contribution in [-0.4, -0.2) is 31.1 Å². The zero-order valence-corrected chi connectivity index (χ0v) is 13.6. The van der Waals surface area contributed by atoms with E-state index >= 15 is 0 Å². The summed E-state index contributed by atoms with van der Waals surface area (Å²) in [5.41, 5.74) is 7.00. The molecule has 0 aliphatic carbocycles. The van der Waals surface area contributed by atoms with E-state index in [1.165, 1.54) is 5.56 Å². The predicted molar refractivity (Wildman–Crippen MR) is 90.4 cm³/mol. The second-order valence-corrected chi connectivity index (χ2v) is 5.77. The van der Waals surface area contributed by atoms with E-state index in [0.717, 1.165) is 29.9 Å². The maximum absolute atomic E-state index is 5.77. The van der Waals surface area contributed by atoms with Crippen LogP contribution in [0.3, 0.4) is 0 Å². The van der Waals surface area contributed by atoms with Gasteiger partial charge in [-0.15, -0.1) is 0 Å². The lowest BCUT2D eigenvalue weighted by molar-refractivity contribution is 0.206. The Labute approximate surface area is 134 Å². The predicted octanol–water partition coefficient (Wildman–Crippen LogP) is 3.29. The SMILES string of the molecule is NCCN(CCOc1ccc(Br)cc1)Cc1ccccc1. The van der Waals surface area contributed by atoms with Gasteiger partial charge in [-0.3, -0.25) is 4.90 Å². The van der Waals surface area contributed by atoms with Gasteiger partial charge >= 0.3 is 0 Å². The van der Waals surface area contributed by atoms with Gasteiger partial charge in [0.1, 0.15) is 12.4 Å². The number of benzene rings is 2. The third-order valence-corrected chi connectivity index (χ3v) is 3.71. The van der Waals surface area contributed by atoms with Gasteiger partial charge in [0.2, 0.25) is 0 Å². The van der Waals surface area contributed by atoms with E-state index in [-0.39, 0.29) is 0 Å². The maximum Gasteiger partial charge on any atom is 0.119 e. The summed E-state index contributed by atoms with van der Waals surface area (Å²) in [6.45, 7) is 3.96. The smallest absolute Gasteiger partial charge is 0.119 e. The number of hydrogen-bond acceptors (Lipinski definition) is 3. The molecule has 2 N–H and O–H groups in total. The van der Waals surface area contributed by atoms with Gasteiger partial charge in [-0.25, -0.2) is 0 Å². The lowest BCUT2D eigenvalue weighted by Gasteiger charge is -2.21. The molecular weight excluding hydrogens is 328 g/mol. The lowest BCUT2D eigenvalue weighted by atomic mass is 10.2. The summed E-state index contributed by atoms with van der Waals surface area (Å²) in [4.78, 5) is 2.31. The average Bonchev–Trinajstić information content (AvgIpc) is 2.50. The lowest BCUT2D eigenvalue weighted by Crippen LogP contribution is -2.32. The van der Waals surface area contributed by atoms with Crippen LogP contribution in [0.5, 0.6) is 5.75 Å². The molecule has 2 rings (SSSR count). The summed E-state index contributed by atoms with van der Waals surface area (Å²) in [6.07, 6.45) is 0. The van der Waals surface area contributed by atoms with Crippen LogP contribution in [0, 0.1) is 0 Å². The van der Waals surface area contributed by atoms with Crippen molar-refractivity contribution in [1.82, 2.24) is 4.90 Å². The average molecular weight is 349 g/mol. The zero-order valence-electron chi connectivity index (χ0n) is 12.0. The molecule has 0 fully saturated rings. The first-order valence-corrected chi connectivity index (χ1v) is 7.92. The van der Waals surface area contributed by atoms with Crippen molar-refractivity contribution in [1.29, 1.82) is 0 Å². The highest BCUT2D eigenvalue weighted by Gasteiger charge is 2.05. The van der Waals surface area contributed by atoms with E-state index in [1.54, 1.807) is 0 Å². The molecular formula is C17H21BrN2O. The molecule has 0 aliphatic rings. The molecule has 0 spiro atoms. The van der Waals surface area contributed by atoms with E-state index in [1.807, 2.05) is 30.3 Å². The van der Waals surface area contributed by atoms with Crippen molar-refractivity contribution in [3.63, 3.8) is 0 Å². The number of rotatable bonds is 8. The van der Waals surface area contributed by atoms with Crippen LogP contribution in [0.15, 0.2) is 59.1 Å². The van der Waals surface area contributed by atoms with Gasteiger partial charge in [0.05, 0.1) is 0 Å². The van der Waals surface area contributed by atoms with E-state index in [4.69, 9.17) is 10.5 Å². The van der Waals surface area contributed by atoms with Gasteiger partial charge in [0.15, 0.2) is 0 Å². The number of hydrogen-bond donors (Lipinski definition) is 1. The van der Waals surface area contributed by atoms with E-state index in [2.05, 4.69) is 45.1 Å². The molecule has 2 aromatic carbocycles. The molecule has 0 unspecified atom stereocenters. The fourth-order valence-corrected chi connectivity index (χ4v) is 2.38. The molecule has 2 aromatic rings. The van der Waals surface area contributed by atoms with Crippen molar-refractivity contribution < 1.29 is 4.74 Å². The molecule has 112 valence electrons. The standard InChI is InChI=1S/C17H21BrN2O/c18-16-6-8-17(9-7-16)21-13-12-20(11-10-19)14-15-4-2-1-3-5-15/h1-9H,10-14,19H2. The summed E-state index contributed by atoms with van der Waals surface area (Å²) in [5.74, 6) is 0.894. The summed E-state index contributed by atoms with van der Waals surface area (Å²) in [6, 6.07) is 18.3. The van der Waals surface area contributed by atoms with Crippen LogP contribution in [0.1, 0.15) is 5.56 Å². The molecule has 0 saturated carbocycles. The molecule has 0 bridgehead atoms. The van der Waals surface area contributed by atoms with Crippen LogP contribution >= 0.6 is 15.9 Å². The molecule has 0 radical (unpaired) electrons. The van der Waals surface area contributed by atoms with Crippen LogP contribution in [-0.2, 0) is 6.54 Å². The van der Waals surface area contributed by atoms with Crippen LogP contribution < -0.4 is 10.5 Å². The normalized spacial score (nSPS) is 10.8. The quantitative estimate of drug-likeness (QED) is 0.795. The van der Waals surface area contributed by atoms with Gasteiger partial charge in [-0.1, -0.05) is 46.3 Å². The molecule has 0 aliphatic heterocycles. The van der Waals surface area contributed by atoms with Crippen LogP contribution in [0.25, 0.3) is 0 Å². The minimum absolute atomic E-state index is 0.658. The minimum Gasteiger partial charge on any atom is -0.492 e. The summed E-state index contributed by atoms with van der Waals surface area (Å²) < 4.78 is 6.83.